The summed E-state index contributed by atoms with van der Waals surface area (Å²) in [5, 5.41) is 0. The van der Waals surface area contributed by atoms with Crippen LogP contribution in [0.1, 0.15) is 40.4 Å². The summed E-state index contributed by atoms with van der Waals surface area (Å²) in [5.74, 6) is -0.0487. The van der Waals surface area contributed by atoms with Crippen molar-refractivity contribution in [2.45, 2.75) is 25.2 Å². The fourth-order valence-corrected chi connectivity index (χ4v) is 2.77. The van der Waals surface area contributed by atoms with Crippen LogP contribution < -0.4 is 5.73 Å². The summed E-state index contributed by atoms with van der Waals surface area (Å²) in [5.41, 5.74) is 9.20. The fraction of sp³-hybridized carbons (Fsp3) is 0.250. The second kappa shape index (κ2) is 4.84. The van der Waals surface area contributed by atoms with Crippen molar-refractivity contribution in [2.75, 3.05) is 5.73 Å². The second-order valence-electron chi connectivity index (χ2n) is 4.94. The van der Waals surface area contributed by atoms with E-state index in [-0.39, 0.29) is 11.7 Å². The molecule has 3 nitrogen and oxygen atoms in total. The smallest absolute Gasteiger partial charge is 0.173 e. The van der Waals surface area contributed by atoms with E-state index in [9.17, 15) is 4.79 Å². The summed E-state index contributed by atoms with van der Waals surface area (Å²) in [7, 11) is 0. The van der Waals surface area contributed by atoms with Gasteiger partial charge < -0.3 is 5.73 Å². The molecule has 0 amide bonds. The molecule has 2 N–H and O–H groups in total. The summed E-state index contributed by atoms with van der Waals surface area (Å²) >= 11 is 0. The van der Waals surface area contributed by atoms with Gasteiger partial charge >= 0.3 is 0 Å². The number of carbonyl (C=O) groups excluding carboxylic acids is 1. The lowest BCUT2D eigenvalue weighted by molar-refractivity contribution is 0.0950. The Balaban J connectivity index is 2.00. The first-order chi connectivity index (χ1) is 9.27. The van der Waals surface area contributed by atoms with Crippen LogP contribution >= 0.6 is 0 Å². The number of hydrogen-bond acceptors (Lipinski definition) is 3. The van der Waals surface area contributed by atoms with Crippen molar-refractivity contribution in [3.05, 3.63) is 59.4 Å². The lowest BCUT2D eigenvalue weighted by atomic mass is 9.82. The highest BCUT2D eigenvalue weighted by molar-refractivity contribution is 6.04. The molecular formula is C16H16N2O. The van der Waals surface area contributed by atoms with Crippen molar-refractivity contribution in [3.63, 3.8) is 0 Å². The Morgan fingerprint density at radius 2 is 2.05 bits per heavy atom. The summed E-state index contributed by atoms with van der Waals surface area (Å²) in [6.45, 7) is 0. The van der Waals surface area contributed by atoms with Gasteiger partial charge in [-0.15, -0.1) is 0 Å². The molecule has 1 aromatic heterocycles. The Kier molecular flexibility index (Phi) is 3.03. The van der Waals surface area contributed by atoms with E-state index in [1.54, 1.807) is 18.3 Å². The van der Waals surface area contributed by atoms with E-state index in [1.165, 1.54) is 5.56 Å². The molecule has 0 bridgehead atoms. The van der Waals surface area contributed by atoms with Gasteiger partial charge in [-0.1, -0.05) is 18.2 Å². The predicted octanol–water partition coefficient (Wildman–Crippen LogP) is 2.97. The Hall–Kier alpha value is -2.16. The monoisotopic (exact) mass is 252 g/mol. The summed E-state index contributed by atoms with van der Waals surface area (Å²) in [6.07, 6.45) is 4.66. The van der Waals surface area contributed by atoms with Gasteiger partial charge in [0.2, 0.25) is 0 Å². The normalized spacial score (nSPS) is 17.8. The minimum Gasteiger partial charge on any atom is -0.398 e. The number of nitrogens with zero attached hydrogens (tertiary/aromatic N) is 1. The number of ketones is 1. The van der Waals surface area contributed by atoms with Crippen molar-refractivity contribution >= 4 is 11.5 Å². The number of nitrogens with two attached hydrogens (primary N) is 1. The number of benzene rings is 1. The predicted molar refractivity (Wildman–Crippen MR) is 75.1 cm³/mol. The van der Waals surface area contributed by atoms with Gasteiger partial charge in [-0.3, -0.25) is 9.78 Å². The SMILES string of the molecule is Nc1ccccc1C(=O)C1CCCc2cccnc21. The van der Waals surface area contributed by atoms with E-state index in [0.29, 0.717) is 11.3 Å². The lowest BCUT2D eigenvalue weighted by Crippen LogP contribution is -2.21. The number of nitrogen functional groups attached to an aromatic ring is 1. The van der Waals surface area contributed by atoms with Gasteiger partial charge in [-0.25, -0.2) is 0 Å². The van der Waals surface area contributed by atoms with Gasteiger partial charge in [0.05, 0.1) is 11.6 Å². The quantitative estimate of drug-likeness (QED) is 0.660. The maximum Gasteiger partial charge on any atom is 0.173 e. The van der Waals surface area contributed by atoms with Gasteiger partial charge in [-0.05, 0) is 43.0 Å². The molecule has 3 heteroatoms. The van der Waals surface area contributed by atoms with E-state index >= 15 is 0 Å². The fourth-order valence-electron chi connectivity index (χ4n) is 2.77. The average Bonchev–Trinajstić information content (AvgIpc) is 2.46. The van der Waals surface area contributed by atoms with E-state index < -0.39 is 0 Å². The van der Waals surface area contributed by atoms with Crippen molar-refractivity contribution in [3.8, 4) is 0 Å². The largest absolute Gasteiger partial charge is 0.398 e. The molecule has 1 aromatic carbocycles. The molecule has 0 spiro atoms. The number of aromatic nitrogens is 1. The maximum atomic E-state index is 12.7. The highest BCUT2D eigenvalue weighted by Crippen LogP contribution is 2.33. The number of fused-ring (bicyclic) bond motifs is 1. The molecule has 1 heterocycles. The minimum atomic E-state index is -0.144. The number of carbonyl (C=O) groups is 1. The zero-order valence-electron chi connectivity index (χ0n) is 10.7. The Morgan fingerprint density at radius 3 is 2.89 bits per heavy atom. The Morgan fingerprint density at radius 1 is 1.21 bits per heavy atom. The number of para-hydroxylation sites is 1. The molecule has 1 unspecified atom stereocenters. The Labute approximate surface area is 112 Å². The van der Waals surface area contributed by atoms with Gasteiger partial charge in [0.25, 0.3) is 0 Å². The number of Topliss-reactive ketones (excluding diaryl/α,β-unsaturated/α-hetero) is 1. The Bertz CT molecular complexity index is 622. The average molecular weight is 252 g/mol. The molecule has 0 aliphatic heterocycles. The number of pyridine rings is 1. The summed E-state index contributed by atoms with van der Waals surface area (Å²) < 4.78 is 0. The van der Waals surface area contributed by atoms with Crippen LogP contribution in [0.2, 0.25) is 0 Å². The first-order valence-corrected chi connectivity index (χ1v) is 6.60. The van der Waals surface area contributed by atoms with Crippen molar-refractivity contribution in [1.82, 2.24) is 4.98 Å². The molecule has 96 valence electrons. The van der Waals surface area contributed by atoms with Crippen molar-refractivity contribution in [1.29, 1.82) is 0 Å². The van der Waals surface area contributed by atoms with Crippen molar-refractivity contribution < 1.29 is 4.79 Å². The summed E-state index contributed by atoms with van der Waals surface area (Å²) in [4.78, 5) is 17.1. The number of hydrogen-bond donors (Lipinski definition) is 1. The molecule has 1 aliphatic rings. The highest BCUT2D eigenvalue weighted by Gasteiger charge is 2.29. The van der Waals surface area contributed by atoms with E-state index in [4.69, 9.17) is 5.73 Å². The molecule has 1 aliphatic carbocycles. The lowest BCUT2D eigenvalue weighted by Gasteiger charge is -2.23. The van der Waals surface area contributed by atoms with Gasteiger partial charge in [0.15, 0.2) is 5.78 Å². The number of anilines is 1. The van der Waals surface area contributed by atoms with Crippen LogP contribution in [0.4, 0.5) is 5.69 Å². The summed E-state index contributed by atoms with van der Waals surface area (Å²) in [6, 6.07) is 11.3. The number of rotatable bonds is 2. The molecule has 19 heavy (non-hydrogen) atoms. The van der Waals surface area contributed by atoms with Crippen molar-refractivity contribution in [2.24, 2.45) is 0 Å². The first-order valence-electron chi connectivity index (χ1n) is 6.60. The first kappa shape index (κ1) is 11.9. The van der Waals surface area contributed by atoms with Crippen LogP contribution in [0.5, 0.6) is 0 Å². The minimum absolute atomic E-state index is 0.0951. The second-order valence-corrected chi connectivity index (χ2v) is 4.94. The molecular weight excluding hydrogens is 236 g/mol. The van der Waals surface area contributed by atoms with Crippen LogP contribution in [0.25, 0.3) is 0 Å². The molecule has 1 atom stereocenters. The molecule has 3 rings (SSSR count). The zero-order valence-corrected chi connectivity index (χ0v) is 10.7. The zero-order chi connectivity index (χ0) is 13.2. The van der Waals surface area contributed by atoms with Crippen LogP contribution in [0.15, 0.2) is 42.6 Å². The highest BCUT2D eigenvalue weighted by atomic mass is 16.1. The molecule has 0 radical (unpaired) electrons. The van der Waals surface area contributed by atoms with Crippen LogP contribution in [-0.4, -0.2) is 10.8 Å². The molecule has 0 saturated carbocycles. The van der Waals surface area contributed by atoms with E-state index in [0.717, 1.165) is 25.0 Å². The maximum absolute atomic E-state index is 12.7. The van der Waals surface area contributed by atoms with Gasteiger partial charge in [0.1, 0.15) is 0 Å². The van der Waals surface area contributed by atoms with Crippen LogP contribution in [0, 0.1) is 0 Å². The molecule has 0 fully saturated rings. The molecule has 2 aromatic rings. The van der Waals surface area contributed by atoms with E-state index in [1.807, 2.05) is 18.2 Å². The third-order valence-electron chi connectivity index (χ3n) is 3.74. The third kappa shape index (κ3) is 2.12. The van der Waals surface area contributed by atoms with Gasteiger partial charge in [-0.2, -0.15) is 0 Å². The number of aryl methyl sites for hydroxylation is 1. The molecule has 0 saturated heterocycles. The van der Waals surface area contributed by atoms with E-state index in [2.05, 4.69) is 11.1 Å². The van der Waals surface area contributed by atoms with Crippen LogP contribution in [0.3, 0.4) is 0 Å². The van der Waals surface area contributed by atoms with Gasteiger partial charge in [0, 0.05) is 17.4 Å². The third-order valence-corrected chi connectivity index (χ3v) is 3.74. The van der Waals surface area contributed by atoms with Crippen LogP contribution in [-0.2, 0) is 6.42 Å². The standard InChI is InChI=1S/C16H16N2O/c17-14-9-2-1-7-12(14)16(19)13-8-3-5-11-6-4-10-18-15(11)13/h1-2,4,6-7,9-10,13H,3,5,8,17H2. The topological polar surface area (TPSA) is 56.0 Å².